The second-order valence-corrected chi connectivity index (χ2v) is 13.1. The first-order valence-corrected chi connectivity index (χ1v) is 11.9. The molecule has 1 aromatic heterocycles. The van der Waals surface area contributed by atoms with E-state index in [4.69, 9.17) is 14.9 Å². The number of hydrogen-bond acceptors (Lipinski definition) is 7. The van der Waals surface area contributed by atoms with Gasteiger partial charge in [0.05, 0.1) is 12.2 Å². The van der Waals surface area contributed by atoms with Gasteiger partial charge in [0.2, 0.25) is 0 Å². The highest BCUT2D eigenvalue weighted by Gasteiger charge is 2.45. The van der Waals surface area contributed by atoms with E-state index in [1.54, 1.807) is 12.3 Å². The number of anilines is 1. The summed E-state index contributed by atoms with van der Waals surface area (Å²) in [5.74, 6) is 0.165. The monoisotopic (exact) mass is 383 g/mol. The lowest BCUT2D eigenvalue weighted by Crippen LogP contribution is -2.46. The van der Waals surface area contributed by atoms with Gasteiger partial charge in [0.15, 0.2) is 8.32 Å². The van der Waals surface area contributed by atoms with Crippen LogP contribution in [-0.4, -0.2) is 47.2 Å². The van der Waals surface area contributed by atoms with Crippen molar-refractivity contribution in [2.24, 2.45) is 0 Å². The van der Waals surface area contributed by atoms with Crippen LogP contribution in [0.2, 0.25) is 24.5 Å². The molecule has 26 heavy (non-hydrogen) atoms. The van der Waals surface area contributed by atoms with E-state index in [-0.39, 0.29) is 29.4 Å². The van der Waals surface area contributed by atoms with Crippen molar-refractivity contribution in [3.63, 3.8) is 0 Å². The van der Waals surface area contributed by atoms with E-state index < -0.39 is 27.4 Å². The van der Waals surface area contributed by atoms with Crippen molar-refractivity contribution in [3.05, 3.63) is 22.7 Å². The van der Waals surface area contributed by atoms with Gasteiger partial charge in [-0.1, -0.05) is 20.8 Å². The van der Waals surface area contributed by atoms with Gasteiger partial charge in [-0.3, -0.25) is 4.57 Å². The van der Waals surface area contributed by atoms with Crippen molar-refractivity contribution in [3.8, 4) is 0 Å². The predicted molar refractivity (Wildman–Crippen MR) is 103 cm³/mol. The molecule has 10 heteroatoms. The van der Waals surface area contributed by atoms with Gasteiger partial charge in [-0.15, -0.1) is 0 Å². The summed E-state index contributed by atoms with van der Waals surface area (Å²) in [7, 11) is -3.45. The van der Waals surface area contributed by atoms with Gasteiger partial charge in [-0.25, -0.2) is 4.79 Å². The Morgan fingerprint density at radius 2 is 2.12 bits per heavy atom. The van der Waals surface area contributed by atoms with Crippen LogP contribution in [0.5, 0.6) is 0 Å². The maximum Gasteiger partial charge on any atom is 0.451 e. The molecular formula is C16H30BN3O5Si. The first-order chi connectivity index (χ1) is 11.9. The lowest BCUT2D eigenvalue weighted by Gasteiger charge is -2.39. The summed E-state index contributed by atoms with van der Waals surface area (Å²) in [6.45, 7) is 10.8. The van der Waals surface area contributed by atoms with Gasteiger partial charge < -0.3 is 24.9 Å². The van der Waals surface area contributed by atoms with Crippen molar-refractivity contribution >= 4 is 21.3 Å². The minimum Gasteiger partial charge on any atom is -0.427 e. The normalized spacial score (nSPS) is 24.0. The fourth-order valence-corrected chi connectivity index (χ4v) is 4.12. The van der Waals surface area contributed by atoms with Crippen molar-refractivity contribution in [1.29, 1.82) is 0 Å². The van der Waals surface area contributed by atoms with E-state index in [1.807, 2.05) is 0 Å². The summed E-state index contributed by atoms with van der Waals surface area (Å²) in [6.07, 6.45) is 1.65. The Morgan fingerprint density at radius 3 is 2.65 bits per heavy atom. The zero-order valence-corrected chi connectivity index (χ0v) is 17.2. The number of nitrogens with two attached hydrogens (primary N) is 1. The van der Waals surface area contributed by atoms with Crippen LogP contribution < -0.4 is 11.4 Å². The van der Waals surface area contributed by atoms with Crippen molar-refractivity contribution in [2.45, 2.75) is 76.5 Å². The summed E-state index contributed by atoms with van der Waals surface area (Å²) < 4.78 is 14.0. The fraction of sp³-hybridized carbons (Fsp3) is 0.750. The molecule has 0 spiro atoms. The summed E-state index contributed by atoms with van der Waals surface area (Å²) in [4.78, 5) is 15.9. The largest absolute Gasteiger partial charge is 0.451 e. The number of hydrogen-bond donors (Lipinski definition) is 3. The third-order valence-electron chi connectivity index (χ3n) is 5.30. The maximum atomic E-state index is 12.1. The van der Waals surface area contributed by atoms with E-state index in [0.29, 0.717) is 12.8 Å². The van der Waals surface area contributed by atoms with Gasteiger partial charge in [0.25, 0.3) is 0 Å². The standard InChI is InChI=1S/C16H30BN3O5Si/c1-16(2,3)26(4,5)25-12-10-14(24-11(12)6-8-17(22)23)20-9-7-13(18)19-15(20)21/h7,9,11-12,14,22-23H,6,8,10H2,1-5H3,(H2,18,19,21)/t11-,12+,14-/m1/s1. The summed E-state index contributed by atoms with van der Waals surface area (Å²) >= 11 is 0. The molecule has 0 aliphatic carbocycles. The van der Waals surface area contributed by atoms with Crippen LogP contribution in [0.1, 0.15) is 39.8 Å². The Balaban J connectivity index is 2.22. The minimum atomic E-state index is -2.05. The molecule has 8 nitrogen and oxygen atoms in total. The van der Waals surface area contributed by atoms with Crippen LogP contribution in [-0.2, 0) is 9.16 Å². The first-order valence-electron chi connectivity index (χ1n) is 8.95. The molecule has 1 aromatic rings. The second-order valence-electron chi connectivity index (χ2n) is 8.38. The Labute approximate surface area is 155 Å². The van der Waals surface area contributed by atoms with Crippen LogP contribution in [0.4, 0.5) is 5.82 Å². The molecule has 0 saturated carbocycles. The van der Waals surface area contributed by atoms with Gasteiger partial charge in [-0.2, -0.15) is 4.98 Å². The third-order valence-corrected chi connectivity index (χ3v) is 9.81. The zero-order valence-electron chi connectivity index (χ0n) is 16.2. The average molecular weight is 383 g/mol. The minimum absolute atomic E-state index is 0.0335. The van der Waals surface area contributed by atoms with Crippen molar-refractivity contribution < 1.29 is 19.2 Å². The number of ether oxygens (including phenoxy) is 1. The quantitative estimate of drug-likeness (QED) is 0.635. The van der Waals surface area contributed by atoms with E-state index in [9.17, 15) is 14.8 Å². The van der Waals surface area contributed by atoms with Gasteiger partial charge >= 0.3 is 12.8 Å². The first kappa shape index (κ1) is 21.1. The molecule has 2 rings (SSSR count). The van der Waals surface area contributed by atoms with Crippen LogP contribution >= 0.6 is 0 Å². The Hall–Kier alpha value is -1.20. The lowest BCUT2D eigenvalue weighted by molar-refractivity contribution is -0.0203. The van der Waals surface area contributed by atoms with Crippen LogP contribution in [0.25, 0.3) is 0 Å². The van der Waals surface area contributed by atoms with E-state index in [1.165, 1.54) is 4.57 Å². The molecule has 1 aliphatic heterocycles. The molecule has 0 bridgehead atoms. The molecule has 146 valence electrons. The molecule has 0 aromatic carbocycles. The lowest BCUT2D eigenvalue weighted by atomic mass is 9.82. The summed E-state index contributed by atoms with van der Waals surface area (Å²) in [5, 5.41) is 18.4. The van der Waals surface area contributed by atoms with Gasteiger partial charge in [-0.05, 0) is 36.9 Å². The topological polar surface area (TPSA) is 120 Å². The molecule has 3 atom stereocenters. The number of rotatable bonds is 6. The predicted octanol–water partition coefficient (Wildman–Crippen LogP) is 1.37. The van der Waals surface area contributed by atoms with E-state index in [2.05, 4.69) is 38.8 Å². The molecule has 1 saturated heterocycles. The van der Waals surface area contributed by atoms with Gasteiger partial charge in [0, 0.05) is 12.6 Å². The highest BCUT2D eigenvalue weighted by atomic mass is 28.4. The Bertz CT molecular complexity index is 677. The zero-order chi connectivity index (χ0) is 19.7. The maximum absolute atomic E-state index is 12.1. The Morgan fingerprint density at radius 1 is 1.46 bits per heavy atom. The van der Waals surface area contributed by atoms with Crippen molar-refractivity contribution in [1.82, 2.24) is 9.55 Å². The molecule has 2 heterocycles. The second kappa shape index (κ2) is 7.81. The SMILES string of the molecule is CC(C)(C)[Si](C)(C)O[C@H]1C[C@H](n2ccc(N)nc2=O)O[C@@H]1CCB(O)O. The molecular weight excluding hydrogens is 353 g/mol. The van der Waals surface area contributed by atoms with E-state index in [0.717, 1.165) is 0 Å². The highest BCUT2D eigenvalue weighted by molar-refractivity contribution is 6.74. The van der Waals surface area contributed by atoms with Crippen LogP contribution in [0, 0.1) is 0 Å². The average Bonchev–Trinajstić information content (AvgIpc) is 2.85. The third kappa shape index (κ3) is 4.95. The van der Waals surface area contributed by atoms with Crippen LogP contribution in [0.15, 0.2) is 17.1 Å². The summed E-state index contributed by atoms with van der Waals surface area (Å²) in [6, 6.07) is 1.55. The van der Waals surface area contributed by atoms with E-state index >= 15 is 0 Å². The Kier molecular flexibility index (Phi) is 6.34. The smallest absolute Gasteiger partial charge is 0.427 e. The van der Waals surface area contributed by atoms with Gasteiger partial charge in [0.1, 0.15) is 12.0 Å². The molecule has 0 unspecified atom stereocenters. The van der Waals surface area contributed by atoms with Crippen LogP contribution in [0.3, 0.4) is 0 Å². The highest BCUT2D eigenvalue weighted by Crippen LogP contribution is 2.41. The molecule has 0 amide bonds. The number of nitrogens with zero attached hydrogens (tertiary/aromatic N) is 2. The summed E-state index contributed by atoms with van der Waals surface area (Å²) in [5.41, 5.74) is 5.08. The number of aromatic nitrogens is 2. The molecule has 1 aliphatic rings. The molecule has 0 radical (unpaired) electrons. The fourth-order valence-electron chi connectivity index (χ4n) is 2.77. The van der Waals surface area contributed by atoms with Crippen molar-refractivity contribution in [2.75, 3.05) is 5.73 Å². The molecule has 4 N–H and O–H groups in total. The molecule has 1 fully saturated rings. The number of nitrogen functional groups attached to an aromatic ring is 1.